The number of nitrogens with one attached hydrogen (secondary N) is 2. The third-order valence-electron chi connectivity index (χ3n) is 2.80. The summed E-state index contributed by atoms with van der Waals surface area (Å²) < 4.78 is 13.5. The Balaban J connectivity index is 2.15. The van der Waals surface area contributed by atoms with E-state index >= 15 is 0 Å². The number of benzene rings is 1. The Morgan fingerprint density at radius 3 is 2.53 bits per heavy atom. The average Bonchev–Trinajstić information content (AvgIpc) is 2.29. The highest BCUT2D eigenvalue weighted by Crippen LogP contribution is 2.18. The molecule has 19 heavy (non-hydrogen) atoms. The van der Waals surface area contributed by atoms with Crippen LogP contribution in [0.5, 0.6) is 0 Å². The first kappa shape index (κ1) is 16.4. The Labute approximate surface area is 120 Å². The van der Waals surface area contributed by atoms with Gasteiger partial charge >= 0.3 is 0 Å². The molecule has 0 aliphatic rings. The molecule has 4 heteroatoms. The number of halogens is 2. The van der Waals surface area contributed by atoms with Gasteiger partial charge in [0, 0.05) is 16.1 Å². The van der Waals surface area contributed by atoms with Gasteiger partial charge in [0.15, 0.2) is 0 Å². The molecule has 0 spiro atoms. The van der Waals surface area contributed by atoms with Crippen molar-refractivity contribution in [2.75, 3.05) is 19.6 Å². The zero-order valence-electron chi connectivity index (χ0n) is 12.0. The third-order valence-corrected chi connectivity index (χ3v) is 3.15. The van der Waals surface area contributed by atoms with Gasteiger partial charge in [-0.15, -0.1) is 0 Å². The second kappa shape index (κ2) is 7.83. The van der Waals surface area contributed by atoms with Crippen molar-refractivity contribution in [3.8, 4) is 0 Å². The quantitative estimate of drug-likeness (QED) is 0.751. The molecule has 108 valence electrons. The molecule has 1 aromatic carbocycles. The van der Waals surface area contributed by atoms with E-state index < -0.39 is 0 Å². The van der Waals surface area contributed by atoms with Crippen LogP contribution in [0, 0.1) is 5.82 Å². The topological polar surface area (TPSA) is 24.1 Å². The van der Waals surface area contributed by atoms with Crippen LogP contribution in [-0.4, -0.2) is 25.2 Å². The SMILES string of the molecule is CC(C)(C)NCCCNCCc1c(F)cccc1Cl. The molecular weight excluding hydrogens is 263 g/mol. The van der Waals surface area contributed by atoms with Crippen molar-refractivity contribution in [2.24, 2.45) is 0 Å². The van der Waals surface area contributed by atoms with Crippen LogP contribution >= 0.6 is 11.6 Å². The molecule has 2 N–H and O–H groups in total. The molecule has 0 saturated heterocycles. The highest BCUT2D eigenvalue weighted by atomic mass is 35.5. The molecule has 0 saturated carbocycles. The molecule has 0 radical (unpaired) electrons. The summed E-state index contributed by atoms with van der Waals surface area (Å²) in [6.45, 7) is 9.12. The van der Waals surface area contributed by atoms with E-state index in [2.05, 4.69) is 31.4 Å². The van der Waals surface area contributed by atoms with Gasteiger partial charge in [-0.3, -0.25) is 0 Å². The molecule has 0 atom stereocenters. The molecule has 0 aliphatic carbocycles. The highest BCUT2D eigenvalue weighted by Gasteiger charge is 2.07. The first-order chi connectivity index (χ1) is 8.90. The molecule has 0 unspecified atom stereocenters. The molecule has 1 rings (SSSR count). The predicted octanol–water partition coefficient (Wildman–Crippen LogP) is 3.39. The first-order valence-corrected chi connectivity index (χ1v) is 7.16. The lowest BCUT2D eigenvalue weighted by atomic mass is 10.1. The Morgan fingerprint density at radius 1 is 1.16 bits per heavy atom. The summed E-state index contributed by atoms with van der Waals surface area (Å²) in [5.41, 5.74) is 0.769. The van der Waals surface area contributed by atoms with E-state index in [0.717, 1.165) is 26.1 Å². The van der Waals surface area contributed by atoms with Crippen LogP contribution in [0.1, 0.15) is 32.8 Å². The second-order valence-electron chi connectivity index (χ2n) is 5.73. The van der Waals surface area contributed by atoms with Gasteiger partial charge in [0.2, 0.25) is 0 Å². The van der Waals surface area contributed by atoms with Crippen LogP contribution in [0.3, 0.4) is 0 Å². The van der Waals surface area contributed by atoms with E-state index in [1.54, 1.807) is 12.1 Å². The zero-order valence-corrected chi connectivity index (χ0v) is 12.8. The summed E-state index contributed by atoms with van der Waals surface area (Å²) in [5, 5.41) is 7.25. The predicted molar refractivity (Wildman–Crippen MR) is 80.4 cm³/mol. The molecule has 0 amide bonds. The van der Waals surface area contributed by atoms with Crippen molar-refractivity contribution in [1.82, 2.24) is 10.6 Å². The molecular formula is C15H24ClFN2. The normalized spacial score (nSPS) is 11.8. The van der Waals surface area contributed by atoms with Gasteiger partial charge < -0.3 is 10.6 Å². The summed E-state index contributed by atoms with van der Waals surface area (Å²) in [5.74, 6) is -0.219. The number of hydrogen-bond acceptors (Lipinski definition) is 2. The monoisotopic (exact) mass is 286 g/mol. The van der Waals surface area contributed by atoms with Crippen molar-refractivity contribution < 1.29 is 4.39 Å². The largest absolute Gasteiger partial charge is 0.316 e. The summed E-state index contributed by atoms with van der Waals surface area (Å²) in [7, 11) is 0. The Morgan fingerprint density at radius 2 is 1.89 bits per heavy atom. The van der Waals surface area contributed by atoms with Crippen LogP contribution in [0.2, 0.25) is 5.02 Å². The van der Waals surface area contributed by atoms with Crippen LogP contribution in [0.4, 0.5) is 4.39 Å². The summed E-state index contributed by atoms with van der Waals surface area (Å²) in [6.07, 6.45) is 1.68. The second-order valence-corrected chi connectivity index (χ2v) is 6.14. The molecule has 2 nitrogen and oxygen atoms in total. The summed E-state index contributed by atoms with van der Waals surface area (Å²) in [6, 6.07) is 4.81. The maximum atomic E-state index is 13.5. The van der Waals surface area contributed by atoms with Gasteiger partial charge in [-0.25, -0.2) is 4.39 Å². The Hall–Kier alpha value is -0.640. The van der Waals surface area contributed by atoms with Crippen LogP contribution < -0.4 is 10.6 Å². The van der Waals surface area contributed by atoms with Gasteiger partial charge in [-0.2, -0.15) is 0 Å². The van der Waals surface area contributed by atoms with Crippen molar-refractivity contribution in [3.63, 3.8) is 0 Å². The van der Waals surface area contributed by atoms with Crippen LogP contribution in [0.15, 0.2) is 18.2 Å². The fourth-order valence-corrected chi connectivity index (χ4v) is 2.04. The number of rotatable bonds is 7. The van der Waals surface area contributed by atoms with Crippen LogP contribution in [0.25, 0.3) is 0 Å². The van der Waals surface area contributed by atoms with E-state index in [-0.39, 0.29) is 11.4 Å². The maximum absolute atomic E-state index is 13.5. The van der Waals surface area contributed by atoms with E-state index in [1.165, 1.54) is 6.07 Å². The van der Waals surface area contributed by atoms with Gasteiger partial charge in [0.05, 0.1) is 0 Å². The highest BCUT2D eigenvalue weighted by molar-refractivity contribution is 6.31. The van der Waals surface area contributed by atoms with E-state index in [1.807, 2.05) is 0 Å². The van der Waals surface area contributed by atoms with Gasteiger partial charge in [0.1, 0.15) is 5.82 Å². The van der Waals surface area contributed by atoms with E-state index in [4.69, 9.17) is 11.6 Å². The summed E-state index contributed by atoms with van der Waals surface area (Å²) in [4.78, 5) is 0. The van der Waals surface area contributed by atoms with Crippen molar-refractivity contribution in [1.29, 1.82) is 0 Å². The van der Waals surface area contributed by atoms with Crippen molar-refractivity contribution in [3.05, 3.63) is 34.6 Å². The lowest BCUT2D eigenvalue weighted by Gasteiger charge is -2.20. The van der Waals surface area contributed by atoms with E-state index in [0.29, 0.717) is 17.0 Å². The minimum Gasteiger partial charge on any atom is -0.316 e. The van der Waals surface area contributed by atoms with Crippen molar-refractivity contribution >= 4 is 11.6 Å². The molecule has 0 aliphatic heterocycles. The summed E-state index contributed by atoms with van der Waals surface area (Å²) >= 11 is 5.96. The molecule has 1 aromatic rings. The van der Waals surface area contributed by atoms with Gasteiger partial charge in [0.25, 0.3) is 0 Å². The first-order valence-electron chi connectivity index (χ1n) is 6.79. The zero-order chi connectivity index (χ0) is 14.3. The fourth-order valence-electron chi connectivity index (χ4n) is 1.79. The standard InChI is InChI=1S/C15H24ClFN2/c1-15(2,3)19-10-5-9-18-11-8-12-13(16)6-4-7-14(12)17/h4,6-7,18-19H,5,8-11H2,1-3H3. The van der Waals surface area contributed by atoms with E-state index in [9.17, 15) is 4.39 Å². The Bertz CT molecular complexity index is 368. The van der Waals surface area contributed by atoms with Crippen LogP contribution in [-0.2, 0) is 6.42 Å². The average molecular weight is 287 g/mol. The maximum Gasteiger partial charge on any atom is 0.127 e. The lowest BCUT2D eigenvalue weighted by molar-refractivity contribution is 0.418. The molecule has 0 fully saturated rings. The minimum absolute atomic E-state index is 0.167. The molecule has 0 heterocycles. The fraction of sp³-hybridized carbons (Fsp3) is 0.600. The number of hydrogen-bond donors (Lipinski definition) is 2. The van der Waals surface area contributed by atoms with Gasteiger partial charge in [-0.1, -0.05) is 17.7 Å². The Kier molecular flexibility index (Phi) is 6.76. The molecule has 0 aromatic heterocycles. The smallest absolute Gasteiger partial charge is 0.127 e. The lowest BCUT2D eigenvalue weighted by Crippen LogP contribution is -2.37. The third kappa shape index (κ3) is 6.90. The minimum atomic E-state index is -0.219. The van der Waals surface area contributed by atoms with Gasteiger partial charge in [-0.05, 0) is 65.4 Å². The molecule has 0 bridgehead atoms. The van der Waals surface area contributed by atoms with Crippen molar-refractivity contribution in [2.45, 2.75) is 39.2 Å².